The molecule has 0 heterocycles. The van der Waals surface area contributed by atoms with Crippen LogP contribution in [0.1, 0.15) is 58.6 Å². The zero-order valence-corrected chi connectivity index (χ0v) is 14.4. The van der Waals surface area contributed by atoms with Gasteiger partial charge in [0.25, 0.3) is 0 Å². The van der Waals surface area contributed by atoms with Crippen molar-refractivity contribution in [3.63, 3.8) is 0 Å². The predicted molar refractivity (Wildman–Crippen MR) is 90.2 cm³/mol. The molecule has 1 N–H and O–H groups in total. The van der Waals surface area contributed by atoms with Crippen LogP contribution < -0.4 is 0 Å². The number of fused-ring (bicyclic) bond motifs is 1. The average Bonchev–Trinajstić information content (AvgIpc) is 2.57. The standard InChI is InChI=1S/C15H11F3O.2C2H6/c1-4-9-12-10(7(2)3)5-8(19)6-11(12)14(17)15(18)13(9)16;2*1-2/h1,5-7,19H,2-3H3;2*1-2H3. The van der Waals surface area contributed by atoms with Gasteiger partial charge in [-0.05, 0) is 23.6 Å². The Balaban J connectivity index is 0.00000112. The quantitative estimate of drug-likeness (QED) is 0.495. The molecule has 2 aromatic rings. The maximum Gasteiger partial charge on any atom is 0.196 e. The molecule has 0 aliphatic carbocycles. The highest BCUT2D eigenvalue weighted by Crippen LogP contribution is 2.36. The molecule has 0 aromatic heterocycles. The van der Waals surface area contributed by atoms with Gasteiger partial charge in [0.15, 0.2) is 17.5 Å². The molecule has 23 heavy (non-hydrogen) atoms. The Bertz CT molecular complexity index is 713. The first kappa shape index (κ1) is 20.9. The van der Waals surface area contributed by atoms with Crippen LogP contribution in [0.5, 0.6) is 5.75 Å². The lowest BCUT2D eigenvalue weighted by Crippen LogP contribution is -2.01. The first-order valence-corrected chi connectivity index (χ1v) is 7.68. The van der Waals surface area contributed by atoms with Gasteiger partial charge in [0.1, 0.15) is 5.75 Å². The largest absolute Gasteiger partial charge is 0.508 e. The van der Waals surface area contributed by atoms with Gasteiger partial charge in [-0.25, -0.2) is 13.2 Å². The number of rotatable bonds is 1. The van der Waals surface area contributed by atoms with Gasteiger partial charge in [-0.2, -0.15) is 0 Å². The van der Waals surface area contributed by atoms with E-state index in [1.54, 1.807) is 13.8 Å². The molecule has 0 atom stereocenters. The van der Waals surface area contributed by atoms with Crippen LogP contribution in [0.2, 0.25) is 0 Å². The van der Waals surface area contributed by atoms with E-state index in [0.29, 0.717) is 5.56 Å². The lowest BCUT2D eigenvalue weighted by atomic mass is 9.91. The molecule has 0 aliphatic heterocycles. The summed E-state index contributed by atoms with van der Waals surface area (Å²) in [5.74, 6) is -2.64. The van der Waals surface area contributed by atoms with Crippen molar-refractivity contribution < 1.29 is 18.3 Å². The Morgan fingerprint density at radius 3 is 1.91 bits per heavy atom. The third kappa shape index (κ3) is 3.98. The Hall–Kier alpha value is -2.15. The van der Waals surface area contributed by atoms with Gasteiger partial charge in [-0.1, -0.05) is 47.5 Å². The number of benzene rings is 2. The van der Waals surface area contributed by atoms with Gasteiger partial charge in [-0.15, -0.1) is 6.42 Å². The van der Waals surface area contributed by atoms with E-state index in [1.807, 2.05) is 27.7 Å². The van der Waals surface area contributed by atoms with Gasteiger partial charge < -0.3 is 5.11 Å². The van der Waals surface area contributed by atoms with E-state index in [1.165, 1.54) is 6.07 Å². The minimum Gasteiger partial charge on any atom is -0.508 e. The summed E-state index contributed by atoms with van der Waals surface area (Å²) < 4.78 is 41.0. The number of phenolic OH excluding ortho intramolecular Hbond substituents is 1. The first-order valence-electron chi connectivity index (χ1n) is 7.68. The van der Waals surface area contributed by atoms with Crippen molar-refractivity contribution in [3.8, 4) is 18.1 Å². The molecule has 0 radical (unpaired) electrons. The number of phenols is 1. The molecule has 0 unspecified atom stereocenters. The fourth-order valence-corrected chi connectivity index (χ4v) is 2.13. The second kappa shape index (κ2) is 9.09. The number of aromatic hydroxyl groups is 1. The van der Waals surface area contributed by atoms with Crippen molar-refractivity contribution in [2.45, 2.75) is 47.5 Å². The Morgan fingerprint density at radius 1 is 0.957 bits per heavy atom. The summed E-state index contributed by atoms with van der Waals surface area (Å²) in [5, 5.41) is 9.49. The van der Waals surface area contributed by atoms with Crippen molar-refractivity contribution in [2.24, 2.45) is 0 Å². The zero-order valence-electron chi connectivity index (χ0n) is 14.4. The van der Waals surface area contributed by atoms with E-state index < -0.39 is 17.5 Å². The molecule has 0 aliphatic rings. The second-order valence-corrected chi connectivity index (χ2v) is 4.57. The molecule has 0 saturated heterocycles. The second-order valence-electron chi connectivity index (χ2n) is 4.57. The van der Waals surface area contributed by atoms with Gasteiger partial charge >= 0.3 is 0 Å². The van der Waals surface area contributed by atoms with E-state index in [2.05, 4.69) is 5.92 Å². The number of terminal acetylenes is 1. The molecule has 2 aromatic carbocycles. The third-order valence-electron chi connectivity index (χ3n) is 3.01. The van der Waals surface area contributed by atoms with E-state index >= 15 is 0 Å². The topological polar surface area (TPSA) is 20.2 Å². The summed E-state index contributed by atoms with van der Waals surface area (Å²) in [7, 11) is 0. The van der Waals surface area contributed by atoms with Crippen molar-refractivity contribution in [2.75, 3.05) is 0 Å². The summed E-state index contributed by atoms with van der Waals surface area (Å²) in [4.78, 5) is 0. The molecular weight excluding hydrogens is 301 g/mol. The molecule has 4 heteroatoms. The van der Waals surface area contributed by atoms with Crippen LogP contribution in [0.25, 0.3) is 10.8 Å². The number of hydrogen-bond donors (Lipinski definition) is 1. The van der Waals surface area contributed by atoms with Crippen molar-refractivity contribution in [1.29, 1.82) is 0 Å². The number of halogens is 3. The molecule has 126 valence electrons. The van der Waals surface area contributed by atoms with Crippen LogP contribution in [0.3, 0.4) is 0 Å². The van der Waals surface area contributed by atoms with Crippen LogP contribution in [0.15, 0.2) is 12.1 Å². The maximum absolute atomic E-state index is 13.8. The van der Waals surface area contributed by atoms with Gasteiger partial charge in [0, 0.05) is 10.8 Å². The first-order chi connectivity index (χ1) is 10.9. The normalized spacial score (nSPS) is 9.61. The lowest BCUT2D eigenvalue weighted by Gasteiger charge is -2.14. The zero-order chi connectivity index (χ0) is 18.3. The van der Waals surface area contributed by atoms with E-state index in [-0.39, 0.29) is 28.0 Å². The fraction of sp³-hybridized carbons (Fsp3) is 0.368. The minimum atomic E-state index is -1.62. The molecule has 0 saturated carbocycles. The van der Waals surface area contributed by atoms with Crippen LogP contribution in [-0.2, 0) is 0 Å². The van der Waals surface area contributed by atoms with Crippen molar-refractivity contribution in [3.05, 3.63) is 40.7 Å². The molecule has 1 nitrogen and oxygen atoms in total. The molecule has 0 fully saturated rings. The monoisotopic (exact) mass is 324 g/mol. The molecular formula is C19H23F3O. The van der Waals surface area contributed by atoms with E-state index in [9.17, 15) is 18.3 Å². The SMILES string of the molecule is C#Cc1c(F)c(F)c(F)c2cc(O)cc(C(C)C)c12.CC.CC. The van der Waals surface area contributed by atoms with Crippen LogP contribution >= 0.6 is 0 Å². The number of hydrogen-bond acceptors (Lipinski definition) is 1. The summed E-state index contributed by atoms with van der Waals surface area (Å²) in [6.07, 6.45) is 5.20. The Labute approximate surface area is 136 Å². The maximum atomic E-state index is 13.8. The third-order valence-corrected chi connectivity index (χ3v) is 3.01. The molecule has 0 bridgehead atoms. The summed E-state index contributed by atoms with van der Waals surface area (Å²) in [6.45, 7) is 11.6. The van der Waals surface area contributed by atoms with Gasteiger partial charge in [0.05, 0.1) is 5.56 Å². The van der Waals surface area contributed by atoms with Crippen LogP contribution in [0, 0.1) is 29.8 Å². The molecule has 2 rings (SSSR count). The summed E-state index contributed by atoms with van der Waals surface area (Å²) in [6, 6.07) is 2.42. The highest BCUT2D eigenvalue weighted by atomic mass is 19.2. The lowest BCUT2D eigenvalue weighted by molar-refractivity contribution is 0.450. The molecule has 0 spiro atoms. The summed E-state index contributed by atoms with van der Waals surface area (Å²) >= 11 is 0. The molecule has 0 amide bonds. The van der Waals surface area contributed by atoms with Crippen LogP contribution in [0.4, 0.5) is 13.2 Å². The highest BCUT2D eigenvalue weighted by Gasteiger charge is 2.22. The highest BCUT2D eigenvalue weighted by molar-refractivity contribution is 5.93. The van der Waals surface area contributed by atoms with E-state index in [4.69, 9.17) is 6.42 Å². The Morgan fingerprint density at radius 2 is 1.48 bits per heavy atom. The minimum absolute atomic E-state index is 0.131. The summed E-state index contributed by atoms with van der Waals surface area (Å²) in [5.41, 5.74) is 0.151. The van der Waals surface area contributed by atoms with Gasteiger partial charge in [0.2, 0.25) is 0 Å². The van der Waals surface area contributed by atoms with Gasteiger partial charge in [-0.3, -0.25) is 0 Å². The predicted octanol–water partition coefficient (Wildman–Crippen LogP) is 6.12. The van der Waals surface area contributed by atoms with Crippen molar-refractivity contribution >= 4 is 10.8 Å². The average molecular weight is 324 g/mol. The Kier molecular flexibility index (Phi) is 8.24. The van der Waals surface area contributed by atoms with Crippen LogP contribution in [-0.4, -0.2) is 5.11 Å². The smallest absolute Gasteiger partial charge is 0.196 e. The van der Waals surface area contributed by atoms with E-state index in [0.717, 1.165) is 6.07 Å². The fourth-order valence-electron chi connectivity index (χ4n) is 2.13. The van der Waals surface area contributed by atoms with Crippen molar-refractivity contribution in [1.82, 2.24) is 0 Å².